The minimum Gasteiger partial charge on any atom is -0.480 e. The lowest BCUT2D eigenvalue weighted by Gasteiger charge is -2.11. The number of unbranched alkanes of at least 4 members (excludes halogenated alkanes) is 1. The largest absolute Gasteiger partial charge is 0.480 e. The number of nitrogens with two attached hydrogens (primary N) is 1. The van der Waals surface area contributed by atoms with Gasteiger partial charge in [-0.25, -0.2) is 5.14 Å². The Bertz CT molecular complexity index is 262. The molecule has 13 heavy (non-hydrogen) atoms. The van der Waals surface area contributed by atoms with Gasteiger partial charge in [0.2, 0.25) is 0 Å². The van der Waals surface area contributed by atoms with Crippen LogP contribution in [-0.4, -0.2) is 25.5 Å². The molecule has 0 aromatic carbocycles. The van der Waals surface area contributed by atoms with Crippen LogP contribution < -0.4 is 9.86 Å². The molecule has 0 aliphatic rings. The van der Waals surface area contributed by atoms with E-state index in [1.54, 1.807) is 0 Å². The van der Waals surface area contributed by atoms with Crippen molar-refractivity contribution in [3.8, 4) is 0 Å². The lowest BCUT2D eigenvalue weighted by atomic mass is 10.1. The Kier molecular flexibility index (Phi) is 4.89. The summed E-state index contributed by atoms with van der Waals surface area (Å²) in [7, 11) is -3.93. The molecule has 0 unspecified atom stereocenters. The van der Waals surface area contributed by atoms with Crippen molar-refractivity contribution >= 4 is 16.2 Å². The molecule has 0 amide bonds. The molecular weight excluding hydrogens is 196 g/mol. The number of nitrogens with one attached hydrogen (secondary N) is 1. The molecule has 7 heteroatoms. The molecule has 0 radical (unpaired) electrons. The van der Waals surface area contributed by atoms with Crippen LogP contribution in [0, 0.1) is 0 Å². The summed E-state index contributed by atoms with van der Waals surface area (Å²) in [4.78, 5) is 10.5. The molecule has 0 heterocycles. The van der Waals surface area contributed by atoms with E-state index in [4.69, 9.17) is 5.11 Å². The van der Waals surface area contributed by atoms with Gasteiger partial charge in [-0.2, -0.15) is 13.1 Å². The zero-order valence-corrected chi connectivity index (χ0v) is 8.17. The van der Waals surface area contributed by atoms with Crippen LogP contribution in [0.1, 0.15) is 26.2 Å². The number of rotatable bonds is 6. The van der Waals surface area contributed by atoms with E-state index >= 15 is 0 Å². The minimum atomic E-state index is -3.93. The van der Waals surface area contributed by atoms with Gasteiger partial charge in [-0.1, -0.05) is 19.8 Å². The molecule has 0 fully saturated rings. The van der Waals surface area contributed by atoms with Gasteiger partial charge in [-0.3, -0.25) is 4.79 Å². The zero-order valence-electron chi connectivity index (χ0n) is 7.36. The molecule has 6 nitrogen and oxygen atoms in total. The fourth-order valence-electron chi connectivity index (χ4n) is 0.839. The molecule has 0 spiro atoms. The van der Waals surface area contributed by atoms with Gasteiger partial charge in [0.1, 0.15) is 6.04 Å². The highest BCUT2D eigenvalue weighted by atomic mass is 32.2. The van der Waals surface area contributed by atoms with Gasteiger partial charge < -0.3 is 5.11 Å². The summed E-state index contributed by atoms with van der Waals surface area (Å²) in [6.45, 7) is 1.88. The SMILES string of the molecule is CCCC[C@H](NS(N)(=O)=O)C(=O)O. The molecule has 0 saturated heterocycles. The van der Waals surface area contributed by atoms with Crippen molar-refractivity contribution in [2.24, 2.45) is 5.14 Å². The van der Waals surface area contributed by atoms with Crippen molar-refractivity contribution in [1.29, 1.82) is 0 Å². The monoisotopic (exact) mass is 210 g/mol. The normalized spacial score (nSPS) is 14.0. The van der Waals surface area contributed by atoms with Gasteiger partial charge in [0.05, 0.1) is 0 Å². The Hall–Kier alpha value is -0.660. The molecule has 0 bridgehead atoms. The molecule has 0 aromatic rings. The predicted octanol–water partition coefficient (Wildman–Crippen LogP) is -0.577. The summed E-state index contributed by atoms with van der Waals surface area (Å²) in [5.41, 5.74) is 0. The van der Waals surface area contributed by atoms with Gasteiger partial charge in [0.25, 0.3) is 10.2 Å². The van der Waals surface area contributed by atoms with Crippen LogP contribution in [0.25, 0.3) is 0 Å². The van der Waals surface area contributed by atoms with E-state index in [1.165, 1.54) is 0 Å². The second-order valence-corrected chi connectivity index (χ2v) is 4.02. The third kappa shape index (κ3) is 6.50. The summed E-state index contributed by atoms with van der Waals surface area (Å²) < 4.78 is 22.9. The van der Waals surface area contributed by atoms with Crippen LogP contribution in [-0.2, 0) is 15.0 Å². The standard InChI is InChI=1S/C6H14N2O4S/c1-2-3-4-5(6(9)10)8-13(7,11)12/h5,8H,2-4H2,1H3,(H,9,10)(H2,7,11,12)/t5-/m0/s1. The Morgan fingerprint density at radius 3 is 2.46 bits per heavy atom. The number of hydrogen-bond donors (Lipinski definition) is 3. The van der Waals surface area contributed by atoms with E-state index in [1.807, 2.05) is 11.6 Å². The summed E-state index contributed by atoms with van der Waals surface area (Å²) >= 11 is 0. The van der Waals surface area contributed by atoms with Crippen molar-refractivity contribution in [3.63, 3.8) is 0 Å². The quantitative estimate of drug-likeness (QED) is 0.545. The van der Waals surface area contributed by atoms with Crippen molar-refractivity contribution < 1.29 is 18.3 Å². The number of carbonyl (C=O) groups is 1. The second-order valence-electron chi connectivity index (χ2n) is 2.70. The van der Waals surface area contributed by atoms with Gasteiger partial charge in [-0.15, -0.1) is 0 Å². The first-order chi connectivity index (χ1) is 5.87. The lowest BCUT2D eigenvalue weighted by Crippen LogP contribution is -2.43. The second kappa shape index (κ2) is 5.15. The highest BCUT2D eigenvalue weighted by Gasteiger charge is 2.20. The first-order valence-corrected chi connectivity index (χ1v) is 5.44. The zero-order chi connectivity index (χ0) is 10.5. The molecule has 0 aliphatic heterocycles. The number of hydrogen-bond acceptors (Lipinski definition) is 3. The molecule has 0 rings (SSSR count). The average molecular weight is 210 g/mol. The van der Waals surface area contributed by atoms with Crippen LogP contribution in [0.15, 0.2) is 0 Å². The van der Waals surface area contributed by atoms with Crippen molar-refractivity contribution in [2.45, 2.75) is 32.2 Å². The minimum absolute atomic E-state index is 0.252. The van der Waals surface area contributed by atoms with Crippen LogP contribution in [0.2, 0.25) is 0 Å². The van der Waals surface area contributed by atoms with E-state index in [0.29, 0.717) is 6.42 Å². The maximum atomic E-state index is 10.5. The van der Waals surface area contributed by atoms with Crippen LogP contribution in [0.5, 0.6) is 0 Å². The van der Waals surface area contributed by atoms with E-state index in [0.717, 1.165) is 6.42 Å². The Morgan fingerprint density at radius 2 is 2.15 bits per heavy atom. The lowest BCUT2D eigenvalue weighted by molar-refractivity contribution is -0.139. The fraction of sp³-hybridized carbons (Fsp3) is 0.833. The summed E-state index contributed by atoms with van der Waals surface area (Å²) in [6.07, 6.45) is 1.69. The number of aliphatic carboxylic acids is 1. The van der Waals surface area contributed by atoms with E-state index in [-0.39, 0.29) is 6.42 Å². The van der Waals surface area contributed by atoms with Crippen LogP contribution in [0.4, 0.5) is 0 Å². The predicted molar refractivity (Wildman–Crippen MR) is 47.2 cm³/mol. The van der Waals surface area contributed by atoms with Gasteiger partial charge in [0.15, 0.2) is 0 Å². The van der Waals surface area contributed by atoms with Crippen molar-refractivity contribution in [3.05, 3.63) is 0 Å². The summed E-state index contributed by atoms with van der Waals surface area (Å²) in [6, 6.07) is -1.12. The molecule has 78 valence electrons. The third-order valence-corrected chi connectivity index (χ3v) is 2.06. The highest BCUT2D eigenvalue weighted by Crippen LogP contribution is 2.01. The third-order valence-electron chi connectivity index (χ3n) is 1.45. The molecular formula is C6H14N2O4S. The van der Waals surface area contributed by atoms with Gasteiger partial charge in [-0.05, 0) is 6.42 Å². The first kappa shape index (κ1) is 12.3. The molecule has 0 aromatic heterocycles. The number of carboxylic acid groups (broad SMARTS) is 1. The molecule has 1 atom stereocenters. The van der Waals surface area contributed by atoms with Gasteiger partial charge >= 0.3 is 5.97 Å². The van der Waals surface area contributed by atoms with Crippen LogP contribution >= 0.6 is 0 Å². The maximum Gasteiger partial charge on any atom is 0.321 e. The molecule has 4 N–H and O–H groups in total. The molecule has 0 saturated carbocycles. The smallest absolute Gasteiger partial charge is 0.321 e. The summed E-state index contributed by atoms with van der Waals surface area (Å²) in [5, 5.41) is 13.2. The topological polar surface area (TPSA) is 109 Å². The van der Waals surface area contributed by atoms with Crippen molar-refractivity contribution in [1.82, 2.24) is 4.72 Å². The Morgan fingerprint density at radius 1 is 1.62 bits per heavy atom. The number of carboxylic acids is 1. The van der Waals surface area contributed by atoms with E-state index in [9.17, 15) is 13.2 Å². The van der Waals surface area contributed by atoms with E-state index in [2.05, 4.69) is 5.14 Å². The molecule has 0 aliphatic carbocycles. The van der Waals surface area contributed by atoms with Gasteiger partial charge in [0, 0.05) is 0 Å². The van der Waals surface area contributed by atoms with Crippen LogP contribution in [0.3, 0.4) is 0 Å². The highest BCUT2D eigenvalue weighted by molar-refractivity contribution is 7.87. The fourth-order valence-corrected chi connectivity index (χ4v) is 1.45. The average Bonchev–Trinajstić information content (AvgIpc) is 1.95. The van der Waals surface area contributed by atoms with E-state index < -0.39 is 22.2 Å². The van der Waals surface area contributed by atoms with Crippen molar-refractivity contribution in [2.75, 3.05) is 0 Å². The summed E-state index contributed by atoms with van der Waals surface area (Å²) in [5.74, 6) is -1.21. The maximum absolute atomic E-state index is 10.5. The first-order valence-electron chi connectivity index (χ1n) is 3.89. The Labute approximate surface area is 77.3 Å². The Balaban J connectivity index is 4.19.